The average Bonchev–Trinajstić information content (AvgIpc) is 3.09. The van der Waals surface area contributed by atoms with Crippen LogP contribution in [0.1, 0.15) is 27.0 Å². The molecule has 5 N–H and O–H groups in total. The zero-order chi connectivity index (χ0) is 28.3. The minimum absolute atomic E-state index is 0.00385. The maximum absolute atomic E-state index is 14.4. The first-order chi connectivity index (χ1) is 17.8. The Morgan fingerprint density at radius 2 is 1.92 bits per heavy atom. The first-order valence-electron chi connectivity index (χ1n) is 11.4. The fourth-order valence-electron chi connectivity index (χ4n) is 3.53. The van der Waals surface area contributed by atoms with E-state index in [0.717, 1.165) is 12.3 Å². The number of aromatic nitrogens is 2. The van der Waals surface area contributed by atoms with Gasteiger partial charge >= 0.3 is 19.4 Å². The average molecular weight is 562 g/mol. The standard InChI is InChI=1S/C22H29F2N4O9P/c1-12(2)35-19(31)13(3)27-38(33,37-14-7-5-4-6-8-14)34-11-22(20(23)24)17(30)16(29)18(36-22)28-10-9-15(25)26-21(28)32/h4-10,12-13,16-18,20,29-30H,11H2,1-3H3,(H,27,33)(H2,25,26,32)/t13-,16+,17-,18+,22-,38?/m0/s1. The van der Waals surface area contributed by atoms with Crippen molar-refractivity contribution in [3.8, 4) is 5.75 Å². The SMILES string of the molecule is CC(C)OC(=O)[C@H](C)NP(=O)(OC[C@]1(C(F)F)O[C@@H](n2ccc(N)nc2=O)[C@H](O)[C@@H]1O)Oc1ccccc1. The number of carbonyl (C=O) groups excluding carboxylic acids is 1. The zero-order valence-electron chi connectivity index (χ0n) is 20.6. The van der Waals surface area contributed by atoms with Crippen molar-refractivity contribution in [1.82, 2.24) is 14.6 Å². The zero-order valence-corrected chi connectivity index (χ0v) is 21.5. The van der Waals surface area contributed by atoms with Gasteiger partial charge in [-0.15, -0.1) is 0 Å². The van der Waals surface area contributed by atoms with Crippen LogP contribution in [-0.4, -0.2) is 68.7 Å². The second kappa shape index (κ2) is 11.8. The van der Waals surface area contributed by atoms with E-state index < -0.39 is 68.6 Å². The third kappa shape index (κ3) is 6.54. The molecule has 1 aliphatic heterocycles. The molecule has 1 aliphatic rings. The molecule has 0 spiro atoms. The number of carbonyl (C=O) groups is 1. The lowest BCUT2D eigenvalue weighted by atomic mass is 9.96. The first kappa shape index (κ1) is 29.6. The number of hydrogen-bond donors (Lipinski definition) is 4. The summed E-state index contributed by atoms with van der Waals surface area (Å²) in [5.74, 6) is -0.992. The van der Waals surface area contributed by atoms with Crippen molar-refractivity contribution in [2.45, 2.75) is 63.4 Å². The molecule has 0 bridgehead atoms. The minimum atomic E-state index is -4.64. The van der Waals surface area contributed by atoms with Gasteiger partial charge in [0.05, 0.1) is 12.7 Å². The van der Waals surface area contributed by atoms with E-state index in [0.29, 0.717) is 4.57 Å². The number of nitrogen functional groups attached to an aromatic ring is 1. The van der Waals surface area contributed by atoms with Gasteiger partial charge in [-0.1, -0.05) is 18.2 Å². The molecule has 1 unspecified atom stereocenters. The molecule has 1 aromatic carbocycles. The summed E-state index contributed by atoms with van der Waals surface area (Å²) in [6.07, 6.45) is -9.14. The van der Waals surface area contributed by atoms with Crippen LogP contribution in [0.15, 0.2) is 47.4 Å². The Balaban J connectivity index is 1.90. The second-order valence-electron chi connectivity index (χ2n) is 8.75. The number of para-hydroxylation sites is 1. The molecular weight excluding hydrogens is 533 g/mol. The fourth-order valence-corrected chi connectivity index (χ4v) is 5.06. The lowest BCUT2D eigenvalue weighted by molar-refractivity contribution is -0.192. The summed E-state index contributed by atoms with van der Waals surface area (Å²) in [5, 5.41) is 23.4. The number of ether oxygens (including phenoxy) is 2. The smallest absolute Gasteiger partial charge is 0.459 e. The van der Waals surface area contributed by atoms with Gasteiger partial charge in [-0.05, 0) is 39.0 Å². The highest BCUT2D eigenvalue weighted by atomic mass is 31.2. The van der Waals surface area contributed by atoms with E-state index in [2.05, 4.69) is 10.1 Å². The van der Waals surface area contributed by atoms with Gasteiger partial charge in [-0.2, -0.15) is 10.1 Å². The van der Waals surface area contributed by atoms with Gasteiger partial charge in [0.25, 0.3) is 6.43 Å². The van der Waals surface area contributed by atoms with E-state index >= 15 is 0 Å². The monoisotopic (exact) mass is 562 g/mol. The van der Waals surface area contributed by atoms with E-state index in [-0.39, 0.29) is 11.6 Å². The lowest BCUT2D eigenvalue weighted by Crippen LogP contribution is -2.53. The van der Waals surface area contributed by atoms with Crippen molar-refractivity contribution < 1.29 is 46.9 Å². The molecular formula is C22H29F2N4O9P. The Kier molecular flexibility index (Phi) is 9.23. The molecule has 13 nitrogen and oxygen atoms in total. The van der Waals surface area contributed by atoms with E-state index in [1.807, 2.05) is 0 Å². The number of rotatable bonds is 11. The number of benzene rings is 1. The minimum Gasteiger partial charge on any atom is -0.462 e. The molecule has 16 heteroatoms. The summed E-state index contributed by atoms with van der Waals surface area (Å²) >= 11 is 0. The second-order valence-corrected chi connectivity index (χ2v) is 10.4. The van der Waals surface area contributed by atoms with Crippen LogP contribution >= 0.6 is 7.75 Å². The molecule has 3 rings (SSSR count). The van der Waals surface area contributed by atoms with Crippen molar-refractivity contribution in [3.63, 3.8) is 0 Å². The lowest BCUT2D eigenvalue weighted by Gasteiger charge is -2.32. The molecule has 0 radical (unpaired) electrons. The summed E-state index contributed by atoms with van der Waals surface area (Å²) in [5.41, 5.74) is 1.43. The van der Waals surface area contributed by atoms with Crippen molar-refractivity contribution in [2.24, 2.45) is 0 Å². The van der Waals surface area contributed by atoms with Gasteiger partial charge < -0.3 is 29.9 Å². The molecule has 0 amide bonds. The summed E-state index contributed by atoms with van der Waals surface area (Å²) in [6.45, 7) is 3.19. The molecule has 6 atom stereocenters. The summed E-state index contributed by atoms with van der Waals surface area (Å²) in [4.78, 5) is 27.9. The highest BCUT2D eigenvalue weighted by molar-refractivity contribution is 7.52. The normalized spacial score (nSPS) is 25.8. The number of aliphatic hydroxyl groups excluding tert-OH is 2. The highest BCUT2D eigenvalue weighted by Gasteiger charge is 2.61. The Labute approximate surface area is 216 Å². The number of nitrogens with one attached hydrogen (secondary N) is 1. The van der Waals surface area contributed by atoms with Crippen LogP contribution in [0.3, 0.4) is 0 Å². The van der Waals surface area contributed by atoms with Crippen LogP contribution in [-0.2, 0) is 23.4 Å². The number of hydrogen-bond acceptors (Lipinski definition) is 11. The first-order valence-corrected chi connectivity index (χ1v) is 13.0. The number of alkyl halides is 2. The molecule has 38 heavy (non-hydrogen) atoms. The molecule has 210 valence electrons. The topological polar surface area (TPSA) is 184 Å². The number of aliphatic hydroxyl groups is 2. The maximum atomic E-state index is 14.4. The summed E-state index contributed by atoms with van der Waals surface area (Å²) in [7, 11) is -4.64. The van der Waals surface area contributed by atoms with E-state index in [1.54, 1.807) is 32.0 Å². The number of halogens is 2. The van der Waals surface area contributed by atoms with Crippen molar-refractivity contribution >= 4 is 19.5 Å². The Morgan fingerprint density at radius 3 is 2.50 bits per heavy atom. The molecule has 0 aliphatic carbocycles. The van der Waals surface area contributed by atoms with E-state index in [4.69, 9.17) is 24.3 Å². The maximum Gasteiger partial charge on any atom is 0.459 e. The van der Waals surface area contributed by atoms with Crippen LogP contribution in [0.25, 0.3) is 0 Å². The van der Waals surface area contributed by atoms with Gasteiger partial charge in [0, 0.05) is 6.20 Å². The Hall–Kier alpha value is -2.94. The molecule has 1 aromatic heterocycles. The fraction of sp³-hybridized carbons (Fsp3) is 0.500. The van der Waals surface area contributed by atoms with Gasteiger partial charge in [-0.3, -0.25) is 13.9 Å². The van der Waals surface area contributed by atoms with Gasteiger partial charge in [0.2, 0.25) is 0 Å². The molecule has 0 saturated carbocycles. The summed E-state index contributed by atoms with van der Waals surface area (Å²) < 4.78 is 64.1. The largest absolute Gasteiger partial charge is 0.462 e. The number of anilines is 1. The molecule has 1 saturated heterocycles. The Morgan fingerprint density at radius 1 is 1.26 bits per heavy atom. The Bertz CT molecular complexity index is 1220. The number of nitrogens with zero attached hydrogens (tertiary/aromatic N) is 2. The predicted octanol–water partition coefficient (Wildman–Crippen LogP) is 1.21. The van der Waals surface area contributed by atoms with Gasteiger partial charge in [-0.25, -0.2) is 18.1 Å². The molecule has 2 heterocycles. The van der Waals surface area contributed by atoms with Crippen molar-refractivity contribution in [1.29, 1.82) is 0 Å². The molecule has 2 aromatic rings. The van der Waals surface area contributed by atoms with Crippen LogP contribution in [0, 0.1) is 0 Å². The third-order valence-electron chi connectivity index (χ3n) is 5.44. The highest BCUT2D eigenvalue weighted by Crippen LogP contribution is 2.49. The van der Waals surface area contributed by atoms with Crippen molar-refractivity contribution in [2.75, 3.05) is 12.3 Å². The quantitative estimate of drug-likeness (QED) is 0.227. The summed E-state index contributed by atoms with van der Waals surface area (Å²) in [6, 6.07) is 7.41. The molecule has 1 fully saturated rings. The predicted molar refractivity (Wildman–Crippen MR) is 128 cm³/mol. The van der Waals surface area contributed by atoms with Gasteiger partial charge in [0.15, 0.2) is 11.8 Å². The number of esters is 1. The van der Waals surface area contributed by atoms with E-state index in [1.165, 1.54) is 19.1 Å². The number of nitrogens with two attached hydrogens (primary N) is 1. The third-order valence-corrected chi connectivity index (χ3v) is 7.06. The van der Waals surface area contributed by atoms with Crippen LogP contribution in [0.5, 0.6) is 5.75 Å². The van der Waals surface area contributed by atoms with Crippen LogP contribution < -0.4 is 21.0 Å². The van der Waals surface area contributed by atoms with Gasteiger partial charge in [0.1, 0.15) is 29.8 Å². The van der Waals surface area contributed by atoms with Crippen LogP contribution in [0.2, 0.25) is 0 Å². The van der Waals surface area contributed by atoms with Crippen LogP contribution in [0.4, 0.5) is 14.6 Å². The van der Waals surface area contributed by atoms with Crippen molar-refractivity contribution in [3.05, 3.63) is 53.1 Å². The van der Waals surface area contributed by atoms with E-state index in [9.17, 15) is 33.1 Å².